The minimum Gasteiger partial charge on any atom is -0.508 e. The SMILES string of the molecule is CC[C@H](C)[C@H](NC(=O)[C@H](CCCN=C(N)N)NC(=O)[C@@H](N)Cc1c[nH]c2ccccc12)C(=O)N[C@@H](Cc1ccc(O)cc1)C(=O)N[C@@H](CO)C(=O)N[C@@H](Cc1ccc(O)cc1)C(=O)O. The van der Waals surface area contributed by atoms with Crippen molar-refractivity contribution in [2.45, 2.75) is 88.6 Å². The van der Waals surface area contributed by atoms with Crippen LogP contribution in [0.2, 0.25) is 0 Å². The van der Waals surface area contributed by atoms with E-state index in [1.54, 1.807) is 20.0 Å². The van der Waals surface area contributed by atoms with Crippen LogP contribution in [0.15, 0.2) is 84.0 Å². The first-order valence-electron chi connectivity index (χ1n) is 20.8. The fourth-order valence-corrected chi connectivity index (χ4v) is 6.78. The van der Waals surface area contributed by atoms with Gasteiger partial charge in [0.1, 0.15) is 41.7 Å². The lowest BCUT2D eigenvalue weighted by atomic mass is 9.96. The summed E-state index contributed by atoms with van der Waals surface area (Å²) in [6.45, 7) is 2.67. The molecule has 0 aliphatic heterocycles. The Hall–Kier alpha value is -7.19. The number of para-hydroxylation sites is 1. The molecule has 0 bridgehead atoms. The number of guanidine groups is 1. The zero-order valence-electron chi connectivity index (χ0n) is 35.6. The molecule has 0 saturated heterocycles. The molecule has 0 fully saturated rings. The van der Waals surface area contributed by atoms with Crippen molar-refractivity contribution in [2.24, 2.45) is 28.1 Å². The van der Waals surface area contributed by atoms with Gasteiger partial charge in [0.25, 0.3) is 0 Å². The number of aliphatic carboxylic acids is 1. The van der Waals surface area contributed by atoms with Crippen LogP contribution in [0, 0.1) is 5.92 Å². The van der Waals surface area contributed by atoms with E-state index in [9.17, 15) is 49.2 Å². The second-order valence-electron chi connectivity index (χ2n) is 15.5. The first-order valence-corrected chi connectivity index (χ1v) is 20.8. The molecule has 1 aromatic heterocycles. The highest BCUT2D eigenvalue weighted by Crippen LogP contribution is 2.19. The molecule has 0 radical (unpaired) electrons. The van der Waals surface area contributed by atoms with E-state index in [0.717, 1.165) is 16.5 Å². The fourth-order valence-electron chi connectivity index (χ4n) is 6.78. The van der Waals surface area contributed by atoms with Crippen LogP contribution in [-0.4, -0.2) is 116 Å². The van der Waals surface area contributed by atoms with Crippen molar-refractivity contribution in [2.75, 3.05) is 13.2 Å². The Kier molecular flexibility index (Phi) is 18.4. The Labute approximate surface area is 369 Å². The van der Waals surface area contributed by atoms with Crippen molar-refractivity contribution < 1.29 is 49.2 Å². The molecule has 5 amide bonds. The Morgan fingerprint density at radius 3 is 1.80 bits per heavy atom. The van der Waals surface area contributed by atoms with Gasteiger partial charge < -0.3 is 69.2 Å². The van der Waals surface area contributed by atoms with Gasteiger partial charge in [0.05, 0.1) is 12.6 Å². The lowest BCUT2D eigenvalue weighted by Gasteiger charge is -2.29. The summed E-state index contributed by atoms with van der Waals surface area (Å²) < 4.78 is 0. The van der Waals surface area contributed by atoms with Gasteiger partial charge in [0.15, 0.2) is 5.96 Å². The minimum absolute atomic E-state index is 0.0442. The summed E-state index contributed by atoms with van der Waals surface area (Å²) >= 11 is 0. The molecule has 0 spiro atoms. The molecule has 20 heteroatoms. The average Bonchev–Trinajstić information content (AvgIpc) is 3.68. The van der Waals surface area contributed by atoms with E-state index in [-0.39, 0.29) is 56.1 Å². The average molecular weight is 887 g/mol. The van der Waals surface area contributed by atoms with Crippen LogP contribution in [0.4, 0.5) is 0 Å². The second kappa shape index (κ2) is 23.9. The number of aromatic amines is 1. The maximum atomic E-state index is 14.2. The molecule has 16 N–H and O–H groups in total. The highest BCUT2D eigenvalue weighted by atomic mass is 16.4. The van der Waals surface area contributed by atoms with Gasteiger partial charge in [-0.3, -0.25) is 29.0 Å². The maximum absolute atomic E-state index is 14.2. The summed E-state index contributed by atoms with van der Waals surface area (Å²) in [5.74, 6) is -6.32. The summed E-state index contributed by atoms with van der Waals surface area (Å²) in [4.78, 5) is 88.2. The highest BCUT2D eigenvalue weighted by molar-refractivity contribution is 5.97. The summed E-state index contributed by atoms with van der Waals surface area (Å²) in [5.41, 5.74) is 19.9. The monoisotopic (exact) mass is 886 g/mol. The van der Waals surface area contributed by atoms with Crippen LogP contribution in [0.5, 0.6) is 11.5 Å². The molecule has 20 nitrogen and oxygen atoms in total. The molecule has 0 saturated carbocycles. The third-order valence-electron chi connectivity index (χ3n) is 10.6. The number of fused-ring (bicyclic) bond motifs is 1. The standard InChI is InChI=1S/C44H58N10O10/c1-3-24(2)37(54-39(59)33(9-6-18-48-44(46)47)50-38(58)31(45)21-27-22-49-32-8-5-4-7-30(27)32)42(62)51-34(19-25-10-14-28(56)15-11-25)40(60)53-36(23-55)41(61)52-35(43(63)64)20-26-12-16-29(57)17-13-26/h4-5,7-8,10-17,22,24,31,33-37,49,55-57H,3,6,9,18-21,23,45H2,1-2H3,(H,50,58)(H,51,62)(H,52,61)(H,53,60)(H,54,59)(H,63,64)(H4,46,47,48)/t24-,31-,33-,34-,35-,36-,37-/m0/s1. The number of nitrogens with two attached hydrogens (primary N) is 3. The normalized spacial score (nSPS) is 14.4. The summed E-state index contributed by atoms with van der Waals surface area (Å²) in [7, 11) is 0. The summed E-state index contributed by atoms with van der Waals surface area (Å²) in [6.07, 6.45) is 2.23. The molecule has 64 heavy (non-hydrogen) atoms. The van der Waals surface area contributed by atoms with E-state index in [4.69, 9.17) is 17.2 Å². The van der Waals surface area contributed by atoms with Crippen molar-refractivity contribution in [3.8, 4) is 11.5 Å². The number of nitrogens with zero attached hydrogens (tertiary/aromatic N) is 1. The van der Waals surface area contributed by atoms with Gasteiger partial charge in [0, 0.05) is 36.5 Å². The molecule has 4 aromatic rings. The van der Waals surface area contributed by atoms with Gasteiger partial charge in [-0.2, -0.15) is 0 Å². The second-order valence-corrected chi connectivity index (χ2v) is 15.5. The molecule has 0 unspecified atom stereocenters. The van der Waals surface area contributed by atoms with Gasteiger partial charge in [-0.15, -0.1) is 0 Å². The maximum Gasteiger partial charge on any atom is 0.326 e. The number of carboxylic acids is 1. The van der Waals surface area contributed by atoms with Crippen molar-refractivity contribution in [1.29, 1.82) is 0 Å². The summed E-state index contributed by atoms with van der Waals surface area (Å²) in [6, 6.07) is 10.8. The van der Waals surface area contributed by atoms with Gasteiger partial charge in [-0.1, -0.05) is 62.7 Å². The molecule has 7 atom stereocenters. The zero-order valence-corrected chi connectivity index (χ0v) is 35.6. The predicted molar refractivity (Wildman–Crippen MR) is 237 cm³/mol. The number of rotatable bonds is 24. The van der Waals surface area contributed by atoms with Crippen molar-refractivity contribution in [3.63, 3.8) is 0 Å². The van der Waals surface area contributed by atoms with Crippen LogP contribution < -0.4 is 43.8 Å². The molecule has 0 aliphatic carbocycles. The van der Waals surface area contributed by atoms with E-state index in [0.29, 0.717) is 17.5 Å². The number of benzene rings is 3. The van der Waals surface area contributed by atoms with Gasteiger partial charge in [0.2, 0.25) is 29.5 Å². The van der Waals surface area contributed by atoms with Crippen LogP contribution >= 0.6 is 0 Å². The first-order chi connectivity index (χ1) is 30.5. The number of carbonyl (C=O) groups is 6. The minimum atomic E-state index is -1.66. The molecular formula is C44H58N10O10. The topological polar surface area (TPSA) is 350 Å². The first kappa shape index (κ1) is 49.5. The number of aliphatic hydroxyl groups is 1. The lowest BCUT2D eigenvalue weighted by molar-refractivity contribution is -0.142. The highest BCUT2D eigenvalue weighted by Gasteiger charge is 2.35. The number of carbonyl (C=O) groups excluding carboxylic acids is 5. The molecule has 4 rings (SSSR count). The smallest absolute Gasteiger partial charge is 0.326 e. The fraction of sp³-hybridized carbons (Fsp3) is 0.386. The number of hydrogen-bond acceptors (Lipinski definition) is 11. The summed E-state index contributed by atoms with van der Waals surface area (Å²) in [5, 5.41) is 53.2. The van der Waals surface area contributed by atoms with E-state index >= 15 is 0 Å². The number of hydrogen-bond donors (Lipinski definition) is 13. The van der Waals surface area contributed by atoms with E-state index in [1.165, 1.54) is 48.5 Å². The van der Waals surface area contributed by atoms with Crippen molar-refractivity contribution in [1.82, 2.24) is 31.6 Å². The number of nitrogens with one attached hydrogen (secondary N) is 6. The molecule has 3 aromatic carbocycles. The lowest BCUT2D eigenvalue weighted by Crippen LogP contribution is -2.61. The number of aliphatic hydroxyl groups excluding tert-OH is 1. The number of carboxylic acid groups (broad SMARTS) is 1. The third kappa shape index (κ3) is 14.7. The van der Waals surface area contributed by atoms with Gasteiger partial charge in [-0.05, 0) is 72.2 Å². The van der Waals surface area contributed by atoms with Gasteiger partial charge in [-0.25, -0.2) is 4.79 Å². The largest absolute Gasteiger partial charge is 0.508 e. The van der Waals surface area contributed by atoms with Crippen LogP contribution in [0.25, 0.3) is 10.9 Å². The quantitative estimate of drug-likeness (QED) is 0.0241. The number of aliphatic imine (C=N–C) groups is 1. The predicted octanol–water partition coefficient (Wildman–Crippen LogP) is -0.465. The van der Waals surface area contributed by atoms with Crippen molar-refractivity contribution in [3.05, 3.63) is 95.7 Å². The molecule has 344 valence electrons. The number of amides is 5. The van der Waals surface area contributed by atoms with E-state index in [2.05, 4.69) is 36.6 Å². The Bertz CT molecular complexity index is 2250. The molecule has 1 heterocycles. The number of phenols is 2. The molecular weight excluding hydrogens is 829 g/mol. The number of H-pyrrole nitrogens is 1. The Morgan fingerprint density at radius 2 is 1.22 bits per heavy atom. The van der Waals surface area contributed by atoms with Crippen LogP contribution in [-0.2, 0) is 48.0 Å². The van der Waals surface area contributed by atoms with Crippen LogP contribution in [0.1, 0.15) is 49.8 Å². The van der Waals surface area contributed by atoms with E-state index < -0.39 is 84.3 Å². The third-order valence-corrected chi connectivity index (χ3v) is 10.6. The van der Waals surface area contributed by atoms with E-state index in [1.807, 2.05) is 24.3 Å². The van der Waals surface area contributed by atoms with Crippen LogP contribution in [0.3, 0.4) is 0 Å². The Morgan fingerprint density at radius 1 is 0.688 bits per heavy atom. The van der Waals surface area contributed by atoms with Crippen molar-refractivity contribution >= 4 is 52.4 Å². The number of aromatic nitrogens is 1. The van der Waals surface area contributed by atoms with Gasteiger partial charge >= 0.3 is 5.97 Å². The zero-order chi connectivity index (χ0) is 46.9. The molecule has 0 aliphatic rings. The number of aromatic hydroxyl groups is 2. The number of phenolic OH excluding ortho intramolecular Hbond substituents is 2. The Balaban J connectivity index is 1.53.